The number of ether oxygens (including phenoxy) is 1. The minimum absolute atomic E-state index is 0.00756. The number of benzene rings is 1. The summed E-state index contributed by atoms with van der Waals surface area (Å²) >= 11 is 0. The van der Waals surface area contributed by atoms with Crippen LogP contribution in [0.15, 0.2) is 30.3 Å². The number of nitrogens with one attached hydrogen (secondary N) is 2. The molecule has 2 aliphatic heterocycles. The van der Waals surface area contributed by atoms with Gasteiger partial charge in [-0.15, -0.1) is 0 Å². The number of fused-ring (bicyclic) bond motifs is 1. The number of amides is 1. The summed E-state index contributed by atoms with van der Waals surface area (Å²) in [5, 5.41) is 6.44. The van der Waals surface area contributed by atoms with E-state index in [1.165, 1.54) is 5.56 Å². The van der Waals surface area contributed by atoms with Crippen molar-refractivity contribution in [2.45, 2.75) is 51.9 Å². The number of hydrogen-bond donors (Lipinski definition) is 2. The van der Waals surface area contributed by atoms with E-state index in [1.807, 2.05) is 13.1 Å². The molecule has 0 aliphatic carbocycles. The predicted molar refractivity (Wildman–Crippen MR) is 133 cm³/mol. The molecule has 2 N–H and O–H groups in total. The Morgan fingerprint density at radius 2 is 2.06 bits per heavy atom. The fourth-order valence-electron chi connectivity index (χ4n) is 4.51. The predicted octanol–water partition coefficient (Wildman–Crippen LogP) is 3.04. The van der Waals surface area contributed by atoms with Gasteiger partial charge in [-0.25, -0.2) is 4.98 Å². The van der Waals surface area contributed by atoms with Gasteiger partial charge in [-0.05, 0) is 58.5 Å². The molecule has 7 nitrogen and oxygen atoms in total. The average Bonchev–Trinajstić information content (AvgIpc) is 2.78. The van der Waals surface area contributed by atoms with Crippen LogP contribution in [0.4, 0.5) is 5.82 Å². The highest BCUT2D eigenvalue weighted by Crippen LogP contribution is 2.38. The molecule has 3 heterocycles. The molecule has 1 saturated heterocycles. The number of aromatic nitrogens is 1. The quantitative estimate of drug-likeness (QED) is 0.611. The zero-order chi connectivity index (χ0) is 23.4. The van der Waals surface area contributed by atoms with Crippen molar-refractivity contribution in [3.63, 3.8) is 0 Å². The van der Waals surface area contributed by atoms with E-state index >= 15 is 0 Å². The summed E-state index contributed by atoms with van der Waals surface area (Å²) < 4.78 is 5.44. The molecule has 2 aliphatic rings. The first-order chi connectivity index (χ1) is 16.0. The minimum Gasteiger partial charge on any atom is -0.381 e. The lowest BCUT2D eigenvalue weighted by molar-refractivity contribution is 0.0696. The number of likely N-dealkylation sites (N-methyl/N-ethyl adjacent to an activating group) is 2. The third-order valence-electron chi connectivity index (χ3n) is 6.55. The van der Waals surface area contributed by atoms with E-state index in [0.717, 1.165) is 67.2 Å². The summed E-state index contributed by atoms with van der Waals surface area (Å²) in [6.07, 6.45) is 1.74. The van der Waals surface area contributed by atoms with Crippen LogP contribution in [0, 0.1) is 0 Å². The molecule has 4 rings (SSSR count). The van der Waals surface area contributed by atoms with Gasteiger partial charge in [0.25, 0.3) is 5.91 Å². The second kappa shape index (κ2) is 10.6. The van der Waals surface area contributed by atoms with Crippen molar-refractivity contribution < 1.29 is 9.53 Å². The third kappa shape index (κ3) is 5.54. The Balaban J connectivity index is 1.61. The van der Waals surface area contributed by atoms with Crippen molar-refractivity contribution in [1.29, 1.82) is 0 Å². The Bertz CT molecular complexity index is 971. The molecule has 7 heteroatoms. The zero-order valence-electron chi connectivity index (χ0n) is 20.4. The maximum atomic E-state index is 13.3. The minimum atomic E-state index is 0.00756. The Hall–Kier alpha value is -2.48. The summed E-state index contributed by atoms with van der Waals surface area (Å²) in [5.74, 6) is 0.948. The van der Waals surface area contributed by atoms with Crippen molar-refractivity contribution in [2.24, 2.45) is 0 Å². The molecule has 1 fully saturated rings. The summed E-state index contributed by atoms with van der Waals surface area (Å²) in [7, 11) is 4.11. The fourth-order valence-corrected chi connectivity index (χ4v) is 4.51. The molecule has 0 unspecified atom stereocenters. The van der Waals surface area contributed by atoms with Gasteiger partial charge in [0.1, 0.15) is 5.82 Å². The first kappa shape index (κ1) is 23.7. The summed E-state index contributed by atoms with van der Waals surface area (Å²) in [5.41, 5.74) is 4.96. The largest absolute Gasteiger partial charge is 0.381 e. The van der Waals surface area contributed by atoms with Crippen LogP contribution in [0.1, 0.15) is 48.2 Å². The van der Waals surface area contributed by atoms with Gasteiger partial charge < -0.3 is 25.2 Å². The maximum absolute atomic E-state index is 13.3. The van der Waals surface area contributed by atoms with Gasteiger partial charge in [0, 0.05) is 62.6 Å². The molecule has 0 bridgehead atoms. The summed E-state index contributed by atoms with van der Waals surface area (Å²) in [6, 6.07) is 11.0. The van der Waals surface area contributed by atoms with Gasteiger partial charge in [0.05, 0.1) is 11.3 Å². The molecule has 0 atom stereocenters. The van der Waals surface area contributed by atoms with Gasteiger partial charge in [-0.3, -0.25) is 4.79 Å². The van der Waals surface area contributed by atoms with Crippen LogP contribution in [-0.2, 0) is 17.8 Å². The molecule has 33 heavy (non-hydrogen) atoms. The molecule has 1 aromatic heterocycles. The summed E-state index contributed by atoms with van der Waals surface area (Å²) in [6.45, 7) is 9.34. The highest BCUT2D eigenvalue weighted by Gasteiger charge is 2.33. The first-order valence-electron chi connectivity index (χ1n) is 12.1. The Morgan fingerprint density at radius 1 is 1.27 bits per heavy atom. The number of rotatable bonds is 9. The zero-order valence-corrected chi connectivity index (χ0v) is 20.4. The van der Waals surface area contributed by atoms with Crippen LogP contribution in [0.5, 0.6) is 0 Å². The van der Waals surface area contributed by atoms with Crippen molar-refractivity contribution in [3.05, 3.63) is 47.0 Å². The van der Waals surface area contributed by atoms with E-state index in [9.17, 15) is 4.79 Å². The highest BCUT2D eigenvalue weighted by atomic mass is 16.5. The van der Waals surface area contributed by atoms with Crippen molar-refractivity contribution in [1.82, 2.24) is 20.5 Å². The lowest BCUT2D eigenvalue weighted by Crippen LogP contribution is -2.43. The molecule has 2 aromatic rings. The SMILES string of the molecule is CNCCN(C)Cc1cccc(-c2cc(C(=O)NC3CCOCC3)c3c(n2)N(C(C)C)C3)c1. The molecule has 0 spiro atoms. The second-order valence-corrected chi connectivity index (χ2v) is 9.48. The van der Waals surface area contributed by atoms with E-state index in [0.29, 0.717) is 19.3 Å². The molecular formula is C26H37N5O2. The van der Waals surface area contributed by atoms with Gasteiger partial charge in [-0.2, -0.15) is 0 Å². The molecule has 178 valence electrons. The Morgan fingerprint density at radius 3 is 2.79 bits per heavy atom. The number of nitrogens with zero attached hydrogens (tertiary/aromatic N) is 3. The lowest BCUT2D eigenvalue weighted by Gasteiger charge is -2.39. The van der Waals surface area contributed by atoms with Crippen LogP contribution in [0.25, 0.3) is 11.3 Å². The van der Waals surface area contributed by atoms with E-state index in [-0.39, 0.29) is 11.9 Å². The number of anilines is 1. The topological polar surface area (TPSA) is 69.7 Å². The van der Waals surface area contributed by atoms with Crippen LogP contribution in [0.3, 0.4) is 0 Å². The lowest BCUT2D eigenvalue weighted by atomic mass is 9.96. The van der Waals surface area contributed by atoms with E-state index in [2.05, 4.69) is 65.6 Å². The van der Waals surface area contributed by atoms with Crippen molar-refractivity contribution >= 4 is 11.7 Å². The van der Waals surface area contributed by atoms with E-state index in [4.69, 9.17) is 9.72 Å². The van der Waals surface area contributed by atoms with Gasteiger partial charge in [0.2, 0.25) is 0 Å². The van der Waals surface area contributed by atoms with Crippen LogP contribution in [-0.4, -0.2) is 68.3 Å². The maximum Gasteiger partial charge on any atom is 0.252 e. The third-order valence-corrected chi connectivity index (χ3v) is 6.55. The smallest absolute Gasteiger partial charge is 0.252 e. The average molecular weight is 452 g/mol. The Labute approximate surface area is 197 Å². The number of pyridine rings is 1. The van der Waals surface area contributed by atoms with E-state index in [1.54, 1.807) is 0 Å². The normalized spacial score (nSPS) is 16.1. The standard InChI is InChI=1S/C26H37N5O2/c1-18(2)31-17-23-22(26(32)28-21-8-12-33-13-9-21)15-24(29-25(23)31)20-7-5-6-19(14-20)16-30(4)11-10-27-3/h5-7,14-15,18,21,27H,8-13,16-17H2,1-4H3,(H,28,32). The molecule has 1 amide bonds. The number of carbonyl (C=O) groups excluding carboxylic acids is 1. The number of hydrogen-bond acceptors (Lipinski definition) is 6. The molecule has 1 aromatic carbocycles. The second-order valence-electron chi connectivity index (χ2n) is 9.48. The van der Waals surface area contributed by atoms with Gasteiger partial charge in [0.15, 0.2) is 0 Å². The molecule has 0 saturated carbocycles. The summed E-state index contributed by atoms with van der Waals surface area (Å²) in [4.78, 5) is 22.8. The van der Waals surface area contributed by atoms with E-state index < -0.39 is 0 Å². The van der Waals surface area contributed by atoms with Crippen LogP contribution >= 0.6 is 0 Å². The van der Waals surface area contributed by atoms with Crippen LogP contribution < -0.4 is 15.5 Å². The monoisotopic (exact) mass is 451 g/mol. The number of carbonyl (C=O) groups is 1. The highest BCUT2D eigenvalue weighted by molar-refractivity contribution is 5.99. The van der Waals surface area contributed by atoms with Gasteiger partial charge in [-0.1, -0.05) is 18.2 Å². The van der Waals surface area contributed by atoms with Crippen molar-refractivity contribution in [2.75, 3.05) is 45.3 Å². The molecular weight excluding hydrogens is 414 g/mol. The first-order valence-corrected chi connectivity index (χ1v) is 12.1. The van der Waals surface area contributed by atoms with Gasteiger partial charge >= 0.3 is 0 Å². The van der Waals surface area contributed by atoms with Crippen LogP contribution in [0.2, 0.25) is 0 Å². The molecule has 0 radical (unpaired) electrons. The fraction of sp³-hybridized carbons (Fsp3) is 0.538. The Kier molecular flexibility index (Phi) is 7.63. The van der Waals surface area contributed by atoms with Crippen molar-refractivity contribution in [3.8, 4) is 11.3 Å².